The lowest BCUT2D eigenvalue weighted by Crippen LogP contribution is -2.04. The predicted molar refractivity (Wildman–Crippen MR) is 129 cm³/mol. The Morgan fingerprint density at radius 2 is 1.48 bits per heavy atom. The lowest BCUT2D eigenvalue weighted by Gasteiger charge is -2.16. The first kappa shape index (κ1) is 23.7. The van der Waals surface area contributed by atoms with Gasteiger partial charge in [-0.15, -0.1) is 0 Å². The summed E-state index contributed by atoms with van der Waals surface area (Å²) >= 11 is 25.2. The molecule has 0 unspecified atom stereocenters. The predicted octanol–water partition coefficient (Wildman–Crippen LogP) is 7.90. The molecule has 0 spiro atoms. The van der Waals surface area contributed by atoms with Crippen molar-refractivity contribution >= 4 is 52.1 Å². The van der Waals surface area contributed by atoms with E-state index in [1.165, 1.54) is 0 Å². The standard InChI is InChI=1S/C23H21Cl4NO3/c1-3-30-22-9-14(12-28-15-7-8-21(29-2)20(27)10-15)19(26)11-23(22)31-13-16-17(24)5-4-6-18(16)25/h4-11,28H,3,12-13H2,1-2H3. The molecule has 8 heteroatoms. The number of ether oxygens (including phenoxy) is 3. The van der Waals surface area contributed by atoms with E-state index in [0.717, 1.165) is 11.3 Å². The molecule has 3 aromatic rings. The fraction of sp³-hybridized carbons (Fsp3) is 0.217. The van der Waals surface area contributed by atoms with Gasteiger partial charge in [0.1, 0.15) is 12.4 Å². The number of hydrogen-bond acceptors (Lipinski definition) is 4. The number of methoxy groups -OCH3 is 1. The summed E-state index contributed by atoms with van der Waals surface area (Å²) in [5.74, 6) is 1.71. The monoisotopic (exact) mass is 499 g/mol. The molecule has 31 heavy (non-hydrogen) atoms. The van der Waals surface area contributed by atoms with Gasteiger partial charge in [0.2, 0.25) is 0 Å². The fourth-order valence-electron chi connectivity index (χ4n) is 2.89. The number of anilines is 1. The van der Waals surface area contributed by atoms with Gasteiger partial charge in [-0.3, -0.25) is 0 Å². The van der Waals surface area contributed by atoms with Gasteiger partial charge >= 0.3 is 0 Å². The minimum atomic E-state index is 0.191. The summed E-state index contributed by atoms with van der Waals surface area (Å²) in [5.41, 5.74) is 2.39. The van der Waals surface area contributed by atoms with Crippen LogP contribution in [0.15, 0.2) is 48.5 Å². The van der Waals surface area contributed by atoms with Crippen LogP contribution in [-0.2, 0) is 13.2 Å². The lowest BCUT2D eigenvalue weighted by molar-refractivity contribution is 0.269. The van der Waals surface area contributed by atoms with Gasteiger partial charge in [-0.25, -0.2) is 0 Å². The Labute approximate surface area is 201 Å². The minimum Gasteiger partial charge on any atom is -0.495 e. The van der Waals surface area contributed by atoms with Crippen LogP contribution in [0.25, 0.3) is 0 Å². The Morgan fingerprint density at radius 1 is 0.774 bits per heavy atom. The highest BCUT2D eigenvalue weighted by molar-refractivity contribution is 6.36. The summed E-state index contributed by atoms with van der Waals surface area (Å²) in [4.78, 5) is 0. The van der Waals surface area contributed by atoms with Crippen LogP contribution in [0.2, 0.25) is 20.1 Å². The molecule has 0 radical (unpaired) electrons. The van der Waals surface area contributed by atoms with Crippen LogP contribution in [0.4, 0.5) is 5.69 Å². The highest BCUT2D eigenvalue weighted by atomic mass is 35.5. The Balaban J connectivity index is 1.77. The van der Waals surface area contributed by atoms with Gasteiger partial charge in [-0.05, 0) is 48.9 Å². The molecular formula is C23H21Cl4NO3. The molecule has 0 atom stereocenters. The van der Waals surface area contributed by atoms with Gasteiger partial charge < -0.3 is 19.5 Å². The van der Waals surface area contributed by atoms with E-state index in [9.17, 15) is 0 Å². The zero-order chi connectivity index (χ0) is 22.4. The highest BCUT2D eigenvalue weighted by Crippen LogP contribution is 2.36. The van der Waals surface area contributed by atoms with Crippen molar-refractivity contribution in [1.82, 2.24) is 0 Å². The van der Waals surface area contributed by atoms with Crippen molar-refractivity contribution in [3.8, 4) is 17.2 Å². The molecular weight excluding hydrogens is 480 g/mol. The average Bonchev–Trinajstić information content (AvgIpc) is 2.74. The van der Waals surface area contributed by atoms with Gasteiger partial charge in [0.15, 0.2) is 11.5 Å². The number of benzene rings is 3. The molecule has 0 aliphatic carbocycles. The van der Waals surface area contributed by atoms with Gasteiger partial charge in [0.05, 0.1) is 18.7 Å². The molecule has 0 bridgehead atoms. The summed E-state index contributed by atoms with van der Waals surface area (Å²) in [5, 5.41) is 5.44. The number of nitrogens with one attached hydrogen (secondary N) is 1. The zero-order valence-electron chi connectivity index (χ0n) is 17.0. The Hall–Kier alpha value is -1.98. The second kappa shape index (κ2) is 11.1. The number of halogens is 4. The van der Waals surface area contributed by atoms with Crippen LogP contribution < -0.4 is 19.5 Å². The molecule has 1 N–H and O–H groups in total. The molecule has 0 saturated heterocycles. The summed E-state index contributed by atoms with van der Waals surface area (Å²) in [7, 11) is 1.58. The van der Waals surface area contributed by atoms with Crippen LogP contribution in [-0.4, -0.2) is 13.7 Å². The van der Waals surface area contributed by atoms with Crippen LogP contribution in [0.1, 0.15) is 18.1 Å². The van der Waals surface area contributed by atoms with Crippen molar-refractivity contribution in [2.75, 3.05) is 19.0 Å². The number of hydrogen-bond donors (Lipinski definition) is 1. The Bertz CT molecular complexity index is 1040. The van der Waals surface area contributed by atoms with Crippen molar-refractivity contribution in [3.63, 3.8) is 0 Å². The quantitative estimate of drug-likeness (QED) is 0.324. The van der Waals surface area contributed by atoms with Gasteiger partial charge in [0.25, 0.3) is 0 Å². The first-order chi connectivity index (χ1) is 14.9. The summed E-state index contributed by atoms with van der Waals surface area (Å²) in [6.45, 7) is 3.04. The van der Waals surface area contributed by atoms with E-state index in [1.54, 1.807) is 43.5 Å². The maximum atomic E-state index is 6.52. The SMILES string of the molecule is CCOc1cc(CNc2ccc(OC)c(Cl)c2)c(Cl)cc1OCc1c(Cl)cccc1Cl. The van der Waals surface area contributed by atoms with E-state index in [4.69, 9.17) is 60.6 Å². The second-order valence-corrected chi connectivity index (χ2v) is 8.14. The molecule has 3 aromatic carbocycles. The first-order valence-electron chi connectivity index (χ1n) is 9.51. The number of rotatable bonds is 9. The second-order valence-electron chi connectivity index (χ2n) is 6.52. The molecule has 0 aliphatic rings. The van der Waals surface area contributed by atoms with E-state index >= 15 is 0 Å². The summed E-state index contributed by atoms with van der Waals surface area (Å²) in [6, 6.07) is 14.4. The summed E-state index contributed by atoms with van der Waals surface area (Å²) in [6.07, 6.45) is 0. The van der Waals surface area contributed by atoms with E-state index in [-0.39, 0.29) is 6.61 Å². The molecule has 0 amide bonds. The molecule has 0 aliphatic heterocycles. The molecule has 0 saturated carbocycles. The van der Waals surface area contributed by atoms with E-state index < -0.39 is 0 Å². The minimum absolute atomic E-state index is 0.191. The van der Waals surface area contributed by atoms with Crippen LogP contribution in [0, 0.1) is 0 Å². The van der Waals surface area contributed by atoms with Crippen molar-refractivity contribution in [2.45, 2.75) is 20.1 Å². The van der Waals surface area contributed by atoms with Gasteiger partial charge in [-0.2, -0.15) is 0 Å². The maximum Gasteiger partial charge on any atom is 0.163 e. The molecule has 3 rings (SSSR count). The fourth-order valence-corrected chi connectivity index (χ4v) is 3.87. The van der Waals surface area contributed by atoms with E-state index in [2.05, 4.69) is 5.32 Å². The van der Waals surface area contributed by atoms with Crippen LogP contribution in [0.5, 0.6) is 17.2 Å². The Morgan fingerprint density at radius 3 is 2.13 bits per heavy atom. The van der Waals surface area contributed by atoms with Crippen molar-refractivity contribution in [3.05, 3.63) is 79.7 Å². The van der Waals surface area contributed by atoms with E-state index in [1.807, 2.05) is 19.1 Å². The molecule has 4 nitrogen and oxygen atoms in total. The van der Waals surface area contributed by atoms with Gasteiger partial charge in [-0.1, -0.05) is 52.5 Å². The van der Waals surface area contributed by atoms with Crippen molar-refractivity contribution < 1.29 is 14.2 Å². The van der Waals surface area contributed by atoms with E-state index in [0.29, 0.717) is 56.1 Å². The van der Waals surface area contributed by atoms with Gasteiger partial charge in [0, 0.05) is 38.9 Å². The third-order valence-electron chi connectivity index (χ3n) is 4.48. The zero-order valence-corrected chi connectivity index (χ0v) is 20.0. The highest BCUT2D eigenvalue weighted by Gasteiger charge is 2.14. The topological polar surface area (TPSA) is 39.7 Å². The molecule has 0 heterocycles. The first-order valence-corrected chi connectivity index (χ1v) is 11.0. The largest absolute Gasteiger partial charge is 0.495 e. The molecule has 0 fully saturated rings. The Kier molecular flexibility index (Phi) is 8.44. The van der Waals surface area contributed by atoms with Crippen LogP contribution in [0.3, 0.4) is 0 Å². The smallest absolute Gasteiger partial charge is 0.163 e. The normalized spacial score (nSPS) is 10.6. The molecule has 164 valence electrons. The van der Waals surface area contributed by atoms with Crippen molar-refractivity contribution in [2.24, 2.45) is 0 Å². The van der Waals surface area contributed by atoms with Crippen molar-refractivity contribution in [1.29, 1.82) is 0 Å². The third kappa shape index (κ3) is 6.05. The maximum absolute atomic E-state index is 6.52. The average molecular weight is 501 g/mol. The van der Waals surface area contributed by atoms with Crippen LogP contribution >= 0.6 is 46.4 Å². The third-order valence-corrected chi connectivity index (χ3v) is 5.84. The molecule has 0 aromatic heterocycles. The summed E-state index contributed by atoms with van der Waals surface area (Å²) < 4.78 is 16.9. The lowest BCUT2D eigenvalue weighted by atomic mass is 10.2.